The molecule has 8 heteroatoms. The molecule has 1 aromatic heterocycles. The molecule has 2 heterocycles. The third-order valence-electron chi connectivity index (χ3n) is 4.83. The van der Waals surface area contributed by atoms with Crippen LogP contribution in [0.25, 0.3) is 0 Å². The summed E-state index contributed by atoms with van der Waals surface area (Å²) in [5, 5.41) is 5.38. The van der Waals surface area contributed by atoms with Gasteiger partial charge in [0.25, 0.3) is 11.8 Å². The molecule has 1 saturated heterocycles. The van der Waals surface area contributed by atoms with Gasteiger partial charge in [0.1, 0.15) is 5.82 Å². The molecule has 0 unspecified atom stereocenters. The van der Waals surface area contributed by atoms with Crippen LogP contribution >= 0.6 is 15.9 Å². The average molecular weight is 472 g/mol. The summed E-state index contributed by atoms with van der Waals surface area (Å²) in [7, 11) is 0. The Kier molecular flexibility index (Phi) is 5.85. The van der Waals surface area contributed by atoms with Gasteiger partial charge in [0.2, 0.25) is 0 Å². The van der Waals surface area contributed by atoms with Crippen molar-refractivity contribution in [3.63, 3.8) is 0 Å². The van der Waals surface area contributed by atoms with E-state index in [2.05, 4.69) is 26.6 Å². The van der Waals surface area contributed by atoms with E-state index in [4.69, 9.17) is 4.42 Å². The molecule has 3 aromatic rings. The number of furan rings is 1. The Morgan fingerprint density at radius 1 is 0.933 bits per heavy atom. The molecule has 2 amide bonds. The van der Waals surface area contributed by atoms with Crippen LogP contribution in [0, 0.1) is 5.82 Å². The lowest BCUT2D eigenvalue weighted by Crippen LogP contribution is -2.19. The third-order valence-corrected chi connectivity index (χ3v) is 5.26. The Morgan fingerprint density at radius 2 is 1.67 bits per heavy atom. The summed E-state index contributed by atoms with van der Waals surface area (Å²) >= 11 is 3.15. The number of nitrogens with zero attached hydrogens (tertiary/aromatic N) is 1. The molecule has 0 aliphatic carbocycles. The van der Waals surface area contributed by atoms with Crippen LogP contribution in [-0.2, 0) is 0 Å². The molecule has 0 bridgehead atoms. The van der Waals surface area contributed by atoms with Gasteiger partial charge in [0.15, 0.2) is 10.4 Å². The van der Waals surface area contributed by atoms with Crippen molar-refractivity contribution in [3.05, 3.63) is 76.4 Å². The van der Waals surface area contributed by atoms with Crippen LogP contribution in [0.4, 0.5) is 21.5 Å². The lowest BCUT2D eigenvalue weighted by atomic mass is 10.1. The van der Waals surface area contributed by atoms with Crippen molar-refractivity contribution in [2.24, 2.45) is 0 Å². The fourth-order valence-corrected chi connectivity index (χ4v) is 3.68. The zero-order valence-electron chi connectivity index (χ0n) is 16.0. The highest BCUT2D eigenvalue weighted by Gasteiger charge is 2.17. The Bertz CT molecular complexity index is 1090. The van der Waals surface area contributed by atoms with E-state index in [-0.39, 0.29) is 11.6 Å². The Morgan fingerprint density at radius 3 is 2.37 bits per heavy atom. The molecule has 2 N–H and O–H groups in total. The van der Waals surface area contributed by atoms with Crippen LogP contribution in [0.3, 0.4) is 0 Å². The average Bonchev–Trinajstić information content (AvgIpc) is 3.40. The number of carbonyl (C=O) groups is 2. The highest BCUT2D eigenvalue weighted by atomic mass is 79.9. The van der Waals surface area contributed by atoms with Gasteiger partial charge in [0.05, 0.1) is 5.69 Å². The predicted octanol–water partition coefficient (Wildman–Crippen LogP) is 5.29. The first-order valence-electron chi connectivity index (χ1n) is 9.52. The van der Waals surface area contributed by atoms with Crippen LogP contribution < -0.4 is 15.5 Å². The van der Waals surface area contributed by atoms with Gasteiger partial charge in [-0.3, -0.25) is 9.59 Å². The van der Waals surface area contributed by atoms with Crippen molar-refractivity contribution in [2.45, 2.75) is 12.8 Å². The predicted molar refractivity (Wildman–Crippen MR) is 117 cm³/mol. The summed E-state index contributed by atoms with van der Waals surface area (Å²) in [5.74, 6) is -1.05. The standard InChI is InChI=1S/C22H19BrFN3O3/c23-20-9-8-19(30-20)22(29)26-15-5-3-4-14(12-15)21(28)25-16-6-7-18(17(24)13-16)27-10-1-2-11-27/h3-9,12-13H,1-2,10-11H2,(H,25,28)(H,26,29). The molecule has 1 fully saturated rings. The quantitative estimate of drug-likeness (QED) is 0.530. The van der Waals surface area contributed by atoms with E-state index in [1.54, 1.807) is 42.5 Å². The number of rotatable bonds is 5. The lowest BCUT2D eigenvalue weighted by Gasteiger charge is -2.19. The van der Waals surface area contributed by atoms with E-state index in [1.807, 2.05) is 4.90 Å². The molecule has 154 valence electrons. The highest BCUT2D eigenvalue weighted by molar-refractivity contribution is 9.10. The monoisotopic (exact) mass is 471 g/mol. The summed E-state index contributed by atoms with van der Waals surface area (Å²) in [6.45, 7) is 1.69. The molecular formula is C22H19BrFN3O3. The van der Waals surface area contributed by atoms with Crippen molar-refractivity contribution >= 4 is 44.8 Å². The van der Waals surface area contributed by atoms with E-state index in [9.17, 15) is 14.0 Å². The molecule has 0 radical (unpaired) electrons. The normalized spacial score (nSPS) is 13.3. The van der Waals surface area contributed by atoms with E-state index in [0.717, 1.165) is 25.9 Å². The molecule has 0 atom stereocenters. The van der Waals surface area contributed by atoms with Gasteiger partial charge in [-0.1, -0.05) is 6.07 Å². The van der Waals surface area contributed by atoms with Crippen molar-refractivity contribution in [1.82, 2.24) is 0 Å². The lowest BCUT2D eigenvalue weighted by molar-refractivity contribution is 0.0992. The van der Waals surface area contributed by atoms with Crippen LogP contribution in [-0.4, -0.2) is 24.9 Å². The van der Waals surface area contributed by atoms with Gasteiger partial charge in [-0.05, 0) is 77.3 Å². The fraction of sp³-hybridized carbons (Fsp3) is 0.182. The Hall–Kier alpha value is -3.13. The van der Waals surface area contributed by atoms with Gasteiger partial charge >= 0.3 is 0 Å². The molecule has 1 aliphatic rings. The molecule has 4 rings (SSSR count). The minimum absolute atomic E-state index is 0.144. The first-order valence-corrected chi connectivity index (χ1v) is 10.3. The van der Waals surface area contributed by atoms with Crippen molar-refractivity contribution in [3.8, 4) is 0 Å². The molecule has 0 saturated carbocycles. The number of halogens is 2. The zero-order chi connectivity index (χ0) is 21.1. The summed E-state index contributed by atoms with van der Waals surface area (Å²) in [6, 6.07) is 14.3. The number of hydrogen-bond donors (Lipinski definition) is 2. The summed E-state index contributed by atoms with van der Waals surface area (Å²) in [6.07, 6.45) is 2.12. The fourth-order valence-electron chi connectivity index (χ4n) is 3.37. The zero-order valence-corrected chi connectivity index (χ0v) is 17.5. The van der Waals surface area contributed by atoms with E-state index in [1.165, 1.54) is 12.1 Å². The summed E-state index contributed by atoms with van der Waals surface area (Å²) in [4.78, 5) is 26.8. The van der Waals surface area contributed by atoms with Crippen molar-refractivity contribution in [2.75, 3.05) is 28.6 Å². The van der Waals surface area contributed by atoms with Crippen LogP contribution in [0.5, 0.6) is 0 Å². The van der Waals surface area contributed by atoms with E-state index in [0.29, 0.717) is 27.3 Å². The Balaban J connectivity index is 1.44. The van der Waals surface area contributed by atoms with Gasteiger partial charge in [0, 0.05) is 30.0 Å². The summed E-state index contributed by atoms with van der Waals surface area (Å²) in [5.41, 5.74) is 1.70. The van der Waals surface area contributed by atoms with Crippen LogP contribution in [0.15, 0.2) is 63.7 Å². The van der Waals surface area contributed by atoms with E-state index >= 15 is 0 Å². The number of nitrogens with one attached hydrogen (secondary N) is 2. The van der Waals surface area contributed by atoms with Gasteiger partial charge in [-0.15, -0.1) is 0 Å². The Labute approximate surface area is 181 Å². The topological polar surface area (TPSA) is 74.6 Å². The van der Waals surface area contributed by atoms with E-state index < -0.39 is 11.8 Å². The molecular weight excluding hydrogens is 453 g/mol. The second-order valence-corrected chi connectivity index (χ2v) is 7.73. The number of amides is 2. The maximum Gasteiger partial charge on any atom is 0.291 e. The van der Waals surface area contributed by atoms with Gasteiger partial charge in [-0.2, -0.15) is 0 Å². The van der Waals surface area contributed by atoms with Crippen LogP contribution in [0.2, 0.25) is 0 Å². The third kappa shape index (κ3) is 4.54. The number of benzene rings is 2. The maximum absolute atomic E-state index is 14.5. The largest absolute Gasteiger partial charge is 0.444 e. The second-order valence-electron chi connectivity index (χ2n) is 6.95. The minimum Gasteiger partial charge on any atom is -0.444 e. The molecule has 1 aliphatic heterocycles. The SMILES string of the molecule is O=C(Nc1ccc(N2CCCC2)c(F)c1)c1cccc(NC(=O)c2ccc(Br)o2)c1. The first-order chi connectivity index (χ1) is 14.5. The molecule has 0 spiro atoms. The van der Waals surface area contributed by atoms with Crippen molar-refractivity contribution < 1.29 is 18.4 Å². The first kappa shape index (κ1) is 20.2. The highest BCUT2D eigenvalue weighted by Crippen LogP contribution is 2.26. The number of hydrogen-bond acceptors (Lipinski definition) is 4. The minimum atomic E-state index is -0.433. The maximum atomic E-state index is 14.5. The second kappa shape index (κ2) is 8.71. The molecule has 30 heavy (non-hydrogen) atoms. The van der Waals surface area contributed by atoms with Crippen molar-refractivity contribution in [1.29, 1.82) is 0 Å². The van der Waals surface area contributed by atoms with Crippen LogP contribution in [0.1, 0.15) is 33.8 Å². The molecule has 2 aromatic carbocycles. The van der Waals surface area contributed by atoms with Gasteiger partial charge < -0.3 is 20.0 Å². The van der Waals surface area contributed by atoms with Gasteiger partial charge in [-0.25, -0.2) is 4.39 Å². The number of anilines is 3. The number of carbonyl (C=O) groups excluding carboxylic acids is 2. The smallest absolute Gasteiger partial charge is 0.291 e. The summed E-state index contributed by atoms with van der Waals surface area (Å²) < 4.78 is 20.1. The molecule has 6 nitrogen and oxygen atoms in total.